The maximum absolute atomic E-state index is 12.2. The van der Waals surface area contributed by atoms with E-state index in [1.54, 1.807) is 0 Å². The first-order valence-corrected chi connectivity index (χ1v) is 7.78. The molecular formula is C17H25NO3. The molecule has 1 aliphatic heterocycles. The zero-order chi connectivity index (χ0) is 15.1. The van der Waals surface area contributed by atoms with Crippen LogP contribution in [0.2, 0.25) is 0 Å². The monoisotopic (exact) mass is 291 g/mol. The Labute approximate surface area is 126 Å². The van der Waals surface area contributed by atoms with Crippen LogP contribution in [-0.2, 0) is 11.2 Å². The van der Waals surface area contributed by atoms with Crippen molar-refractivity contribution in [3.05, 3.63) is 35.9 Å². The fourth-order valence-corrected chi connectivity index (χ4v) is 2.83. The minimum absolute atomic E-state index is 0.160. The molecule has 1 heterocycles. The molecule has 0 aliphatic carbocycles. The van der Waals surface area contributed by atoms with Crippen molar-refractivity contribution in [2.24, 2.45) is 0 Å². The van der Waals surface area contributed by atoms with Crippen LogP contribution in [-0.4, -0.2) is 46.3 Å². The number of hydrogen-bond acceptors (Lipinski definition) is 3. The van der Waals surface area contributed by atoms with Gasteiger partial charge in [0.2, 0.25) is 5.91 Å². The number of aliphatic hydroxyl groups excluding tert-OH is 1. The number of benzene rings is 1. The molecule has 4 nitrogen and oxygen atoms in total. The van der Waals surface area contributed by atoms with E-state index in [1.165, 1.54) is 5.56 Å². The van der Waals surface area contributed by atoms with Crippen LogP contribution in [0.25, 0.3) is 0 Å². The number of likely N-dealkylation sites (tertiary alicyclic amines) is 1. The molecule has 4 heteroatoms. The highest BCUT2D eigenvalue weighted by atomic mass is 16.3. The van der Waals surface area contributed by atoms with Crippen LogP contribution >= 0.6 is 0 Å². The Balaban J connectivity index is 1.76. The molecule has 1 saturated heterocycles. The molecule has 1 amide bonds. The summed E-state index contributed by atoms with van der Waals surface area (Å²) in [4.78, 5) is 14.1. The second-order valence-electron chi connectivity index (χ2n) is 5.96. The van der Waals surface area contributed by atoms with E-state index in [2.05, 4.69) is 12.1 Å². The van der Waals surface area contributed by atoms with Crippen molar-refractivity contribution < 1.29 is 15.0 Å². The number of rotatable bonds is 5. The third-order valence-corrected chi connectivity index (χ3v) is 4.26. The third-order valence-electron chi connectivity index (χ3n) is 4.26. The highest BCUT2D eigenvalue weighted by Gasteiger charge is 2.30. The van der Waals surface area contributed by atoms with Crippen LogP contribution < -0.4 is 0 Å². The Kier molecular flexibility index (Phi) is 5.76. The number of nitrogens with zero attached hydrogens (tertiary/aromatic N) is 1. The summed E-state index contributed by atoms with van der Waals surface area (Å²) in [6, 6.07) is 10.2. The number of carbonyl (C=O) groups is 1. The normalized spacial score (nSPS) is 22.9. The maximum atomic E-state index is 12.2. The Morgan fingerprint density at radius 1 is 1.19 bits per heavy atom. The van der Waals surface area contributed by atoms with Crippen molar-refractivity contribution in [3.63, 3.8) is 0 Å². The van der Waals surface area contributed by atoms with Gasteiger partial charge in [-0.3, -0.25) is 4.79 Å². The summed E-state index contributed by atoms with van der Waals surface area (Å²) in [5.74, 6) is 0.160. The van der Waals surface area contributed by atoms with Gasteiger partial charge in [0.05, 0.1) is 12.2 Å². The summed E-state index contributed by atoms with van der Waals surface area (Å²) in [6.07, 6.45) is 4.10. The standard InChI is InChI=1S/C17H25NO3/c19-14-17(21)10-5-12-18(13-11-17)16(20)9-4-8-15-6-2-1-3-7-15/h1-3,6-7,19,21H,4-5,8-14H2. The van der Waals surface area contributed by atoms with Gasteiger partial charge in [0, 0.05) is 19.5 Å². The van der Waals surface area contributed by atoms with Gasteiger partial charge in [0.25, 0.3) is 0 Å². The number of amides is 1. The smallest absolute Gasteiger partial charge is 0.222 e. The summed E-state index contributed by atoms with van der Waals surface area (Å²) < 4.78 is 0. The van der Waals surface area contributed by atoms with Crippen LogP contribution in [0, 0.1) is 0 Å². The lowest BCUT2D eigenvalue weighted by Crippen LogP contribution is -2.36. The molecule has 1 unspecified atom stereocenters. The van der Waals surface area contributed by atoms with Crippen LogP contribution in [0.4, 0.5) is 0 Å². The number of carbonyl (C=O) groups excluding carboxylic acids is 1. The molecule has 1 atom stereocenters. The predicted octanol–water partition coefficient (Wildman–Crippen LogP) is 1.75. The van der Waals surface area contributed by atoms with Gasteiger partial charge >= 0.3 is 0 Å². The Hall–Kier alpha value is -1.39. The van der Waals surface area contributed by atoms with Crippen molar-refractivity contribution in [3.8, 4) is 0 Å². The summed E-state index contributed by atoms with van der Waals surface area (Å²) >= 11 is 0. The molecule has 1 aromatic carbocycles. The van der Waals surface area contributed by atoms with Crippen LogP contribution in [0.1, 0.15) is 37.7 Å². The van der Waals surface area contributed by atoms with Crippen molar-refractivity contribution in [2.75, 3.05) is 19.7 Å². The van der Waals surface area contributed by atoms with Gasteiger partial charge in [-0.1, -0.05) is 30.3 Å². The molecule has 0 spiro atoms. The van der Waals surface area contributed by atoms with E-state index in [1.807, 2.05) is 23.1 Å². The number of aryl methyl sites for hydroxylation is 1. The first-order valence-electron chi connectivity index (χ1n) is 7.78. The molecule has 21 heavy (non-hydrogen) atoms. The second kappa shape index (κ2) is 7.57. The highest BCUT2D eigenvalue weighted by Crippen LogP contribution is 2.22. The zero-order valence-electron chi connectivity index (χ0n) is 12.5. The average Bonchev–Trinajstić information content (AvgIpc) is 2.71. The average molecular weight is 291 g/mol. The molecule has 0 radical (unpaired) electrons. The fraction of sp³-hybridized carbons (Fsp3) is 0.588. The lowest BCUT2D eigenvalue weighted by molar-refractivity contribution is -0.131. The van der Waals surface area contributed by atoms with Crippen molar-refractivity contribution in [1.82, 2.24) is 4.90 Å². The molecule has 1 aliphatic rings. The molecule has 1 fully saturated rings. The lowest BCUT2D eigenvalue weighted by Gasteiger charge is -2.24. The fourth-order valence-electron chi connectivity index (χ4n) is 2.83. The molecule has 0 saturated carbocycles. The molecule has 2 rings (SSSR count). The summed E-state index contributed by atoms with van der Waals surface area (Å²) in [6.45, 7) is 1.01. The quantitative estimate of drug-likeness (QED) is 0.869. The van der Waals surface area contributed by atoms with Crippen LogP contribution in [0.15, 0.2) is 30.3 Å². The first-order chi connectivity index (χ1) is 10.1. The molecule has 0 aromatic heterocycles. The van der Waals surface area contributed by atoms with Crippen LogP contribution in [0.3, 0.4) is 0 Å². The zero-order valence-corrected chi connectivity index (χ0v) is 12.5. The van der Waals surface area contributed by atoms with E-state index in [0.717, 1.165) is 19.3 Å². The number of hydrogen-bond donors (Lipinski definition) is 2. The molecule has 2 N–H and O–H groups in total. The SMILES string of the molecule is O=C(CCCc1ccccc1)N1CCCC(O)(CO)CC1. The van der Waals surface area contributed by atoms with Gasteiger partial charge in [-0.2, -0.15) is 0 Å². The van der Waals surface area contributed by atoms with E-state index >= 15 is 0 Å². The summed E-state index contributed by atoms with van der Waals surface area (Å²) in [5, 5.41) is 19.3. The van der Waals surface area contributed by atoms with Gasteiger partial charge in [-0.25, -0.2) is 0 Å². The Morgan fingerprint density at radius 3 is 2.67 bits per heavy atom. The van der Waals surface area contributed by atoms with Crippen LogP contribution in [0.5, 0.6) is 0 Å². The lowest BCUT2D eigenvalue weighted by atomic mass is 9.96. The van der Waals surface area contributed by atoms with Crippen molar-refractivity contribution in [2.45, 2.75) is 44.1 Å². The summed E-state index contributed by atoms with van der Waals surface area (Å²) in [5.41, 5.74) is 0.259. The number of aliphatic hydroxyl groups is 2. The van der Waals surface area contributed by atoms with Gasteiger partial charge in [-0.15, -0.1) is 0 Å². The molecule has 1 aromatic rings. The molecule has 0 bridgehead atoms. The Morgan fingerprint density at radius 2 is 1.95 bits per heavy atom. The highest BCUT2D eigenvalue weighted by molar-refractivity contribution is 5.76. The summed E-state index contributed by atoms with van der Waals surface area (Å²) in [7, 11) is 0. The third kappa shape index (κ3) is 4.83. The topological polar surface area (TPSA) is 60.8 Å². The molecule has 116 valence electrons. The second-order valence-corrected chi connectivity index (χ2v) is 5.96. The largest absolute Gasteiger partial charge is 0.393 e. The molecular weight excluding hydrogens is 266 g/mol. The van der Waals surface area contributed by atoms with E-state index < -0.39 is 5.60 Å². The van der Waals surface area contributed by atoms with E-state index in [9.17, 15) is 15.0 Å². The first kappa shape index (κ1) is 16.0. The van der Waals surface area contributed by atoms with E-state index in [0.29, 0.717) is 32.4 Å². The Bertz CT molecular complexity index is 449. The van der Waals surface area contributed by atoms with E-state index in [4.69, 9.17) is 0 Å². The van der Waals surface area contributed by atoms with Crippen molar-refractivity contribution in [1.29, 1.82) is 0 Å². The predicted molar refractivity (Wildman–Crippen MR) is 81.8 cm³/mol. The van der Waals surface area contributed by atoms with Gasteiger partial charge in [0.1, 0.15) is 0 Å². The minimum atomic E-state index is -1.00. The minimum Gasteiger partial charge on any atom is -0.393 e. The van der Waals surface area contributed by atoms with Crippen molar-refractivity contribution >= 4 is 5.91 Å². The van der Waals surface area contributed by atoms with Gasteiger partial charge in [-0.05, 0) is 37.7 Å². The van der Waals surface area contributed by atoms with E-state index in [-0.39, 0.29) is 12.5 Å². The van der Waals surface area contributed by atoms with Gasteiger partial charge in [0.15, 0.2) is 0 Å². The van der Waals surface area contributed by atoms with Gasteiger partial charge < -0.3 is 15.1 Å². The maximum Gasteiger partial charge on any atom is 0.222 e.